The Bertz CT molecular complexity index is 123. The van der Waals surface area contributed by atoms with Crippen LogP contribution in [0.5, 0.6) is 0 Å². The first-order chi connectivity index (χ1) is 7.85. The summed E-state index contributed by atoms with van der Waals surface area (Å²) >= 11 is 0.886. The van der Waals surface area contributed by atoms with Crippen molar-refractivity contribution >= 4 is 15.0 Å². The molecule has 0 aromatic carbocycles. The van der Waals surface area contributed by atoms with Gasteiger partial charge in [0.15, 0.2) is 0 Å². The SMILES string of the molecule is CCCCCCCC(CCCCCC)[Se]C. The van der Waals surface area contributed by atoms with E-state index < -0.39 is 0 Å². The topological polar surface area (TPSA) is 0 Å². The van der Waals surface area contributed by atoms with Gasteiger partial charge in [0.2, 0.25) is 0 Å². The minimum absolute atomic E-state index is 0.886. The van der Waals surface area contributed by atoms with Gasteiger partial charge in [-0.15, -0.1) is 0 Å². The van der Waals surface area contributed by atoms with Crippen molar-refractivity contribution in [3.63, 3.8) is 0 Å². The van der Waals surface area contributed by atoms with Crippen LogP contribution in [-0.4, -0.2) is 15.0 Å². The van der Waals surface area contributed by atoms with Gasteiger partial charge in [-0.25, -0.2) is 0 Å². The molecule has 0 fully saturated rings. The molecular weight excluding hydrogens is 259 g/mol. The third-order valence-electron chi connectivity index (χ3n) is 3.34. The zero-order valence-electron chi connectivity index (χ0n) is 11.8. The molecule has 1 atom stereocenters. The second kappa shape index (κ2) is 13.6. The Morgan fingerprint density at radius 2 is 1.12 bits per heavy atom. The summed E-state index contributed by atoms with van der Waals surface area (Å²) < 4.78 is 0. The molecule has 0 aromatic heterocycles. The molecule has 0 N–H and O–H groups in total. The maximum atomic E-state index is 2.43. The summed E-state index contributed by atoms with van der Waals surface area (Å²) in [6, 6.07) is 0. The first kappa shape index (κ1) is 16.5. The van der Waals surface area contributed by atoms with Crippen LogP contribution >= 0.6 is 0 Å². The summed E-state index contributed by atoms with van der Waals surface area (Å²) in [6.45, 7) is 4.60. The monoisotopic (exact) mass is 292 g/mol. The fraction of sp³-hybridized carbons (Fsp3) is 1.00. The molecule has 0 aromatic rings. The van der Waals surface area contributed by atoms with Crippen LogP contribution in [0.15, 0.2) is 0 Å². The van der Waals surface area contributed by atoms with E-state index in [0.29, 0.717) is 0 Å². The molecule has 0 aliphatic carbocycles. The van der Waals surface area contributed by atoms with Gasteiger partial charge in [-0.1, -0.05) is 0 Å². The summed E-state index contributed by atoms with van der Waals surface area (Å²) in [6.07, 6.45) is 16.1. The van der Waals surface area contributed by atoms with Crippen LogP contribution < -0.4 is 0 Å². The van der Waals surface area contributed by atoms with Gasteiger partial charge in [-0.2, -0.15) is 0 Å². The molecule has 0 aliphatic rings. The molecule has 0 radical (unpaired) electrons. The Labute approximate surface area is 110 Å². The fourth-order valence-corrected chi connectivity index (χ4v) is 3.84. The normalized spacial score (nSPS) is 12.9. The van der Waals surface area contributed by atoms with Crippen LogP contribution in [0.25, 0.3) is 0 Å². The van der Waals surface area contributed by atoms with Gasteiger partial charge >= 0.3 is 110 Å². The van der Waals surface area contributed by atoms with Crippen molar-refractivity contribution in [3.05, 3.63) is 0 Å². The first-order valence-electron chi connectivity index (χ1n) is 7.37. The van der Waals surface area contributed by atoms with E-state index >= 15 is 0 Å². The van der Waals surface area contributed by atoms with Crippen molar-refractivity contribution < 1.29 is 0 Å². The summed E-state index contributed by atoms with van der Waals surface area (Å²) in [4.78, 5) is 1.09. The summed E-state index contributed by atoms with van der Waals surface area (Å²) in [7, 11) is 0. The minimum atomic E-state index is 0.886. The van der Waals surface area contributed by atoms with Crippen molar-refractivity contribution in [1.82, 2.24) is 0 Å². The van der Waals surface area contributed by atoms with E-state index in [9.17, 15) is 0 Å². The zero-order chi connectivity index (χ0) is 12.1. The van der Waals surface area contributed by atoms with Gasteiger partial charge < -0.3 is 0 Å². The van der Waals surface area contributed by atoms with Crippen LogP contribution in [-0.2, 0) is 0 Å². The van der Waals surface area contributed by atoms with E-state index in [4.69, 9.17) is 0 Å². The quantitative estimate of drug-likeness (QED) is 0.312. The average Bonchev–Trinajstić information content (AvgIpc) is 2.31. The summed E-state index contributed by atoms with van der Waals surface area (Å²) in [5.41, 5.74) is 0. The van der Waals surface area contributed by atoms with Crippen LogP contribution in [0.1, 0.15) is 84.5 Å². The van der Waals surface area contributed by atoms with E-state index in [1.165, 1.54) is 70.6 Å². The molecular formula is C15H32Se. The van der Waals surface area contributed by atoms with Crippen LogP contribution in [0.3, 0.4) is 0 Å². The number of hydrogen-bond acceptors (Lipinski definition) is 0. The number of unbranched alkanes of at least 4 members (excludes halogenated alkanes) is 7. The maximum absolute atomic E-state index is 2.43. The molecule has 0 aliphatic heterocycles. The van der Waals surface area contributed by atoms with E-state index in [1.807, 2.05) is 0 Å². The molecule has 0 saturated carbocycles. The number of rotatable bonds is 12. The third-order valence-corrected chi connectivity index (χ3v) is 5.73. The van der Waals surface area contributed by atoms with Crippen molar-refractivity contribution in [2.24, 2.45) is 0 Å². The van der Waals surface area contributed by atoms with Crippen LogP contribution in [0, 0.1) is 0 Å². The molecule has 0 rings (SSSR count). The molecule has 0 bridgehead atoms. The van der Waals surface area contributed by atoms with Gasteiger partial charge in [-0.3, -0.25) is 0 Å². The molecule has 0 spiro atoms. The summed E-state index contributed by atoms with van der Waals surface area (Å²) in [5, 5.41) is 0. The molecule has 0 saturated heterocycles. The molecule has 16 heavy (non-hydrogen) atoms. The predicted molar refractivity (Wildman–Crippen MR) is 77.5 cm³/mol. The zero-order valence-corrected chi connectivity index (χ0v) is 13.5. The van der Waals surface area contributed by atoms with Gasteiger partial charge in [0.25, 0.3) is 0 Å². The summed E-state index contributed by atoms with van der Waals surface area (Å²) in [5.74, 6) is 2.43. The first-order valence-corrected chi connectivity index (χ1v) is 10.1. The van der Waals surface area contributed by atoms with Crippen molar-refractivity contribution in [3.8, 4) is 0 Å². The molecule has 0 amide bonds. The Morgan fingerprint density at radius 1 is 0.688 bits per heavy atom. The molecule has 0 nitrogen and oxygen atoms in total. The van der Waals surface area contributed by atoms with Gasteiger partial charge in [0.05, 0.1) is 0 Å². The van der Waals surface area contributed by atoms with E-state index in [1.54, 1.807) is 0 Å². The average molecular weight is 291 g/mol. The molecule has 0 heterocycles. The van der Waals surface area contributed by atoms with Gasteiger partial charge in [0.1, 0.15) is 0 Å². The van der Waals surface area contributed by atoms with Crippen molar-refractivity contribution in [2.45, 2.75) is 95.1 Å². The van der Waals surface area contributed by atoms with E-state index in [-0.39, 0.29) is 0 Å². The Balaban J connectivity index is 3.29. The van der Waals surface area contributed by atoms with Crippen LogP contribution in [0.2, 0.25) is 10.6 Å². The molecule has 1 heteroatoms. The Hall–Kier alpha value is 0.519. The van der Waals surface area contributed by atoms with Gasteiger partial charge in [0, 0.05) is 0 Å². The van der Waals surface area contributed by atoms with E-state index in [0.717, 1.165) is 19.8 Å². The predicted octanol–water partition coefficient (Wildman–Crippen LogP) is 5.86. The standard InChI is InChI=1S/C15H32Se/c1-4-6-8-10-12-14-15(16-3)13-11-9-7-5-2/h15H,4-14H2,1-3H3. The Kier molecular flexibility index (Phi) is 14.0. The number of hydrogen-bond donors (Lipinski definition) is 0. The molecule has 1 unspecified atom stereocenters. The second-order valence-electron chi connectivity index (χ2n) is 4.91. The van der Waals surface area contributed by atoms with E-state index in [2.05, 4.69) is 19.7 Å². The Morgan fingerprint density at radius 3 is 1.56 bits per heavy atom. The van der Waals surface area contributed by atoms with Crippen molar-refractivity contribution in [1.29, 1.82) is 0 Å². The second-order valence-corrected chi connectivity index (χ2v) is 7.30. The fourth-order valence-electron chi connectivity index (χ4n) is 2.15. The third kappa shape index (κ3) is 11.0. The van der Waals surface area contributed by atoms with Gasteiger partial charge in [-0.05, 0) is 0 Å². The molecule has 98 valence electrons. The van der Waals surface area contributed by atoms with Crippen LogP contribution in [0.4, 0.5) is 0 Å². The van der Waals surface area contributed by atoms with Crippen molar-refractivity contribution in [2.75, 3.05) is 0 Å².